The zero-order chi connectivity index (χ0) is 11.1. The zero-order valence-corrected chi connectivity index (χ0v) is 9.15. The number of carbonyl (C=O) groups excluding carboxylic acids is 2. The molecular formula is C11H16N2O3. The molecule has 0 radical (unpaired) electrons. The van der Waals surface area contributed by atoms with Crippen molar-refractivity contribution < 1.29 is 14.3 Å². The fraction of sp³-hybridized carbons (Fsp3) is 0.818. The Morgan fingerprint density at radius 3 is 2.50 bits per heavy atom. The summed E-state index contributed by atoms with van der Waals surface area (Å²) in [4.78, 5) is 25.1. The summed E-state index contributed by atoms with van der Waals surface area (Å²) in [7, 11) is 0. The monoisotopic (exact) mass is 224 g/mol. The average molecular weight is 224 g/mol. The molecule has 0 aliphatic carbocycles. The summed E-state index contributed by atoms with van der Waals surface area (Å²) >= 11 is 0. The number of ether oxygens (including phenoxy) is 1. The summed E-state index contributed by atoms with van der Waals surface area (Å²) in [6, 6.07) is -0.287. The fourth-order valence-corrected chi connectivity index (χ4v) is 2.81. The number of rotatable bonds is 1. The van der Waals surface area contributed by atoms with E-state index in [2.05, 4.69) is 5.32 Å². The van der Waals surface area contributed by atoms with Gasteiger partial charge in [0, 0.05) is 19.5 Å². The largest absolute Gasteiger partial charge is 0.371 e. The molecule has 0 spiro atoms. The highest BCUT2D eigenvalue weighted by atomic mass is 16.5. The molecule has 3 aliphatic heterocycles. The van der Waals surface area contributed by atoms with Crippen molar-refractivity contribution in [3.05, 3.63) is 0 Å². The first kappa shape index (κ1) is 10.1. The maximum Gasteiger partial charge on any atom is 0.245 e. The van der Waals surface area contributed by atoms with Gasteiger partial charge in [0.2, 0.25) is 11.8 Å². The lowest BCUT2D eigenvalue weighted by atomic mass is 10.2. The number of carbonyl (C=O) groups is 2. The van der Waals surface area contributed by atoms with E-state index in [0.29, 0.717) is 25.9 Å². The van der Waals surface area contributed by atoms with Crippen molar-refractivity contribution in [1.29, 1.82) is 0 Å². The van der Waals surface area contributed by atoms with Crippen molar-refractivity contribution in [3.63, 3.8) is 0 Å². The molecule has 5 heteroatoms. The van der Waals surface area contributed by atoms with Crippen LogP contribution in [0.3, 0.4) is 0 Å². The van der Waals surface area contributed by atoms with Gasteiger partial charge >= 0.3 is 0 Å². The normalized spacial score (nSPS) is 37.6. The molecule has 3 rings (SSSR count). The highest BCUT2D eigenvalue weighted by Gasteiger charge is 2.39. The molecule has 3 aliphatic rings. The predicted octanol–water partition coefficient (Wildman–Crippen LogP) is -0.345. The Balaban J connectivity index is 1.64. The van der Waals surface area contributed by atoms with Crippen LogP contribution >= 0.6 is 0 Å². The van der Waals surface area contributed by atoms with Gasteiger partial charge in [-0.05, 0) is 19.3 Å². The molecule has 2 bridgehead atoms. The summed E-state index contributed by atoms with van der Waals surface area (Å²) in [5.74, 6) is 0.0700. The van der Waals surface area contributed by atoms with Crippen LogP contribution in [-0.4, -0.2) is 48.1 Å². The van der Waals surface area contributed by atoms with Gasteiger partial charge in [0.15, 0.2) is 0 Å². The van der Waals surface area contributed by atoms with Crippen LogP contribution in [0.2, 0.25) is 0 Å². The fourth-order valence-electron chi connectivity index (χ4n) is 2.81. The summed E-state index contributed by atoms with van der Waals surface area (Å²) in [6.07, 6.45) is 3.69. The summed E-state index contributed by atoms with van der Waals surface area (Å²) in [6.45, 7) is 1.39. The van der Waals surface area contributed by atoms with E-state index in [-0.39, 0.29) is 30.1 Å². The minimum Gasteiger partial charge on any atom is -0.371 e. The molecule has 3 heterocycles. The van der Waals surface area contributed by atoms with E-state index in [0.717, 1.165) is 12.8 Å². The maximum atomic E-state index is 12.1. The van der Waals surface area contributed by atoms with Crippen molar-refractivity contribution in [3.8, 4) is 0 Å². The predicted molar refractivity (Wildman–Crippen MR) is 55.6 cm³/mol. The van der Waals surface area contributed by atoms with Crippen molar-refractivity contribution in [2.75, 3.05) is 13.1 Å². The first-order valence-electron chi connectivity index (χ1n) is 5.96. The lowest BCUT2D eigenvalue weighted by molar-refractivity contribution is -0.142. The number of amides is 2. The van der Waals surface area contributed by atoms with Crippen LogP contribution in [0.25, 0.3) is 0 Å². The van der Waals surface area contributed by atoms with Gasteiger partial charge in [0.1, 0.15) is 6.04 Å². The van der Waals surface area contributed by atoms with Crippen LogP contribution in [0.15, 0.2) is 0 Å². The highest BCUT2D eigenvalue weighted by Crippen LogP contribution is 2.27. The van der Waals surface area contributed by atoms with E-state index in [1.807, 2.05) is 4.90 Å². The number of nitrogens with zero attached hydrogens (tertiary/aromatic N) is 1. The Labute approximate surface area is 94.1 Å². The molecule has 5 nitrogen and oxygen atoms in total. The lowest BCUT2D eigenvalue weighted by Crippen LogP contribution is -2.51. The third-order valence-electron chi connectivity index (χ3n) is 3.65. The first-order valence-corrected chi connectivity index (χ1v) is 5.96. The molecule has 2 unspecified atom stereocenters. The van der Waals surface area contributed by atoms with E-state index < -0.39 is 0 Å². The summed E-state index contributed by atoms with van der Waals surface area (Å²) in [5.41, 5.74) is 0. The number of fused-ring (bicyclic) bond motifs is 2. The molecule has 16 heavy (non-hydrogen) atoms. The van der Waals surface area contributed by atoms with Crippen LogP contribution < -0.4 is 5.32 Å². The third-order valence-corrected chi connectivity index (χ3v) is 3.65. The van der Waals surface area contributed by atoms with Crippen molar-refractivity contribution in [1.82, 2.24) is 10.2 Å². The number of hydrogen-bond acceptors (Lipinski definition) is 3. The summed E-state index contributed by atoms with van der Waals surface area (Å²) in [5, 5.41) is 2.73. The van der Waals surface area contributed by atoms with Crippen molar-refractivity contribution in [2.45, 2.75) is 43.9 Å². The molecule has 0 aromatic carbocycles. The van der Waals surface area contributed by atoms with E-state index in [4.69, 9.17) is 4.74 Å². The van der Waals surface area contributed by atoms with Gasteiger partial charge in [-0.15, -0.1) is 0 Å². The van der Waals surface area contributed by atoms with Crippen LogP contribution in [0, 0.1) is 0 Å². The average Bonchev–Trinajstić information content (AvgIpc) is 2.84. The lowest BCUT2D eigenvalue weighted by Gasteiger charge is -2.33. The number of hydrogen-bond donors (Lipinski definition) is 1. The molecule has 0 aromatic heterocycles. The Bertz CT molecular complexity index is 319. The second-order valence-corrected chi connectivity index (χ2v) is 4.86. The molecule has 1 N–H and O–H groups in total. The smallest absolute Gasteiger partial charge is 0.245 e. The number of nitrogens with one attached hydrogen (secondary N) is 1. The van der Waals surface area contributed by atoms with Crippen LogP contribution in [0.1, 0.15) is 25.7 Å². The second kappa shape index (κ2) is 3.73. The van der Waals surface area contributed by atoms with Crippen molar-refractivity contribution >= 4 is 11.8 Å². The maximum absolute atomic E-state index is 12.1. The van der Waals surface area contributed by atoms with Crippen LogP contribution in [0.4, 0.5) is 0 Å². The first-order chi connectivity index (χ1) is 7.72. The number of likely N-dealkylation sites (tertiary alicyclic amines) is 1. The summed E-state index contributed by atoms with van der Waals surface area (Å²) < 4.78 is 5.68. The zero-order valence-electron chi connectivity index (χ0n) is 9.15. The molecule has 0 saturated carbocycles. The molecular weight excluding hydrogens is 208 g/mol. The molecule has 3 fully saturated rings. The van der Waals surface area contributed by atoms with Crippen molar-refractivity contribution in [2.24, 2.45) is 0 Å². The highest BCUT2D eigenvalue weighted by molar-refractivity contribution is 5.90. The standard InChI is InChI=1S/C11H16N2O3/c14-10-4-3-9(12-10)11(15)13-5-7-1-2-8(6-13)16-7/h7-9H,1-6H2,(H,12,14)/t7?,8?,9-/m1/s1. The molecule has 0 aromatic rings. The minimum absolute atomic E-state index is 0.00502. The molecule has 3 saturated heterocycles. The van der Waals surface area contributed by atoms with E-state index in [1.165, 1.54) is 0 Å². The van der Waals surface area contributed by atoms with Gasteiger partial charge in [0.25, 0.3) is 0 Å². The Morgan fingerprint density at radius 2 is 1.94 bits per heavy atom. The van der Waals surface area contributed by atoms with Crippen LogP contribution in [-0.2, 0) is 14.3 Å². The quantitative estimate of drug-likeness (QED) is 0.662. The van der Waals surface area contributed by atoms with Gasteiger partial charge in [-0.1, -0.05) is 0 Å². The Morgan fingerprint density at radius 1 is 1.25 bits per heavy atom. The van der Waals surface area contributed by atoms with E-state index in [9.17, 15) is 9.59 Å². The Hall–Kier alpha value is -1.10. The van der Waals surface area contributed by atoms with Gasteiger partial charge in [-0.3, -0.25) is 9.59 Å². The molecule has 3 atom stereocenters. The van der Waals surface area contributed by atoms with Crippen LogP contribution in [0.5, 0.6) is 0 Å². The van der Waals surface area contributed by atoms with Gasteiger partial charge in [-0.25, -0.2) is 0 Å². The molecule has 2 amide bonds. The third kappa shape index (κ3) is 1.69. The number of morpholine rings is 1. The van der Waals surface area contributed by atoms with Gasteiger partial charge in [-0.2, -0.15) is 0 Å². The van der Waals surface area contributed by atoms with E-state index in [1.54, 1.807) is 0 Å². The van der Waals surface area contributed by atoms with E-state index >= 15 is 0 Å². The second-order valence-electron chi connectivity index (χ2n) is 4.86. The molecule has 88 valence electrons. The Kier molecular flexibility index (Phi) is 2.35. The SMILES string of the molecule is O=C1CC[C@H](C(=O)N2CC3CCC(C2)O3)N1. The van der Waals surface area contributed by atoms with Gasteiger partial charge < -0.3 is 15.0 Å². The van der Waals surface area contributed by atoms with Gasteiger partial charge in [0.05, 0.1) is 12.2 Å². The topological polar surface area (TPSA) is 58.6 Å². The minimum atomic E-state index is -0.287.